The zero-order valence-corrected chi connectivity index (χ0v) is 8.19. The second-order valence-corrected chi connectivity index (χ2v) is 2.92. The maximum Gasteiger partial charge on any atom is 0.332 e. The summed E-state index contributed by atoms with van der Waals surface area (Å²) in [5.74, 6) is 0. The van der Waals surface area contributed by atoms with Crippen LogP contribution in [0.5, 0.6) is 0 Å². The van der Waals surface area contributed by atoms with Gasteiger partial charge in [-0.2, -0.15) is 10.4 Å². The zero-order valence-electron chi connectivity index (χ0n) is 8.19. The van der Waals surface area contributed by atoms with Crippen molar-refractivity contribution in [1.29, 1.82) is 5.26 Å². The number of nitrogens with two attached hydrogens (primary N) is 1. The van der Waals surface area contributed by atoms with E-state index < -0.39 is 6.03 Å². The first-order valence-corrected chi connectivity index (χ1v) is 4.22. The van der Waals surface area contributed by atoms with E-state index in [1.165, 1.54) is 6.21 Å². The highest BCUT2D eigenvalue weighted by Gasteiger charge is 1.97. The Kier molecular flexibility index (Phi) is 3.41. The molecule has 15 heavy (non-hydrogen) atoms. The lowest BCUT2D eigenvalue weighted by atomic mass is 10.1. The highest BCUT2D eigenvalue weighted by atomic mass is 16.2. The number of aryl methyl sites for hydroxylation is 1. The Hall–Kier alpha value is -2.35. The van der Waals surface area contributed by atoms with Crippen LogP contribution < -0.4 is 11.2 Å². The smallest absolute Gasteiger partial charge is 0.332 e. The van der Waals surface area contributed by atoms with Crippen LogP contribution in [-0.4, -0.2) is 12.2 Å². The summed E-state index contributed by atoms with van der Waals surface area (Å²) < 4.78 is 0. The third-order valence-electron chi connectivity index (χ3n) is 1.79. The Morgan fingerprint density at radius 2 is 2.40 bits per heavy atom. The third kappa shape index (κ3) is 3.12. The van der Waals surface area contributed by atoms with Gasteiger partial charge in [-0.3, -0.25) is 0 Å². The molecule has 0 aliphatic rings. The summed E-state index contributed by atoms with van der Waals surface area (Å²) in [5.41, 5.74) is 9.19. The molecule has 3 N–H and O–H groups in total. The number of hydrazone groups is 1. The second kappa shape index (κ2) is 4.77. The van der Waals surface area contributed by atoms with Crippen molar-refractivity contribution < 1.29 is 4.79 Å². The Balaban J connectivity index is 2.89. The molecule has 5 heteroatoms. The lowest BCUT2D eigenvalue weighted by Gasteiger charge is -1.99. The molecule has 2 amide bonds. The molecule has 0 aromatic heterocycles. The van der Waals surface area contributed by atoms with E-state index in [4.69, 9.17) is 11.0 Å². The summed E-state index contributed by atoms with van der Waals surface area (Å²) in [7, 11) is 0. The molecule has 0 spiro atoms. The van der Waals surface area contributed by atoms with E-state index in [2.05, 4.69) is 10.5 Å². The number of amides is 2. The molecule has 0 aliphatic carbocycles. The molecule has 0 aliphatic heterocycles. The Morgan fingerprint density at radius 3 is 3.00 bits per heavy atom. The first kappa shape index (κ1) is 10.7. The van der Waals surface area contributed by atoms with E-state index in [-0.39, 0.29) is 0 Å². The molecule has 0 fully saturated rings. The molecule has 76 valence electrons. The number of primary amides is 1. The van der Waals surface area contributed by atoms with Gasteiger partial charge in [0.25, 0.3) is 0 Å². The molecule has 0 saturated heterocycles. The number of rotatable bonds is 2. The first-order chi connectivity index (χ1) is 7.13. The van der Waals surface area contributed by atoms with Gasteiger partial charge in [-0.15, -0.1) is 0 Å². The van der Waals surface area contributed by atoms with Crippen molar-refractivity contribution in [2.75, 3.05) is 0 Å². The Morgan fingerprint density at radius 1 is 1.67 bits per heavy atom. The molecule has 0 saturated carbocycles. The van der Waals surface area contributed by atoms with Crippen molar-refractivity contribution in [2.24, 2.45) is 10.8 Å². The van der Waals surface area contributed by atoms with Crippen LogP contribution in [0.2, 0.25) is 0 Å². The van der Waals surface area contributed by atoms with Gasteiger partial charge >= 0.3 is 6.03 Å². The fourth-order valence-electron chi connectivity index (χ4n) is 1.01. The second-order valence-electron chi connectivity index (χ2n) is 2.92. The molecule has 0 unspecified atom stereocenters. The van der Waals surface area contributed by atoms with Crippen molar-refractivity contribution in [3.63, 3.8) is 0 Å². The molecule has 0 atom stereocenters. The van der Waals surface area contributed by atoms with Gasteiger partial charge in [0.15, 0.2) is 0 Å². The van der Waals surface area contributed by atoms with E-state index in [0.29, 0.717) is 5.56 Å². The normalized spacial score (nSPS) is 9.87. The van der Waals surface area contributed by atoms with Gasteiger partial charge in [0.05, 0.1) is 17.8 Å². The first-order valence-electron chi connectivity index (χ1n) is 4.22. The Labute approximate surface area is 87.2 Å². The molecule has 0 radical (unpaired) electrons. The van der Waals surface area contributed by atoms with Crippen LogP contribution in [0.15, 0.2) is 23.3 Å². The van der Waals surface area contributed by atoms with Gasteiger partial charge in [0, 0.05) is 0 Å². The minimum atomic E-state index is -0.722. The fraction of sp³-hybridized carbons (Fsp3) is 0.100. The number of urea groups is 1. The lowest BCUT2D eigenvalue weighted by Crippen LogP contribution is -2.24. The van der Waals surface area contributed by atoms with Crippen molar-refractivity contribution in [1.82, 2.24) is 5.43 Å². The number of nitrogens with zero attached hydrogens (tertiary/aromatic N) is 2. The van der Waals surface area contributed by atoms with Crippen LogP contribution >= 0.6 is 0 Å². The van der Waals surface area contributed by atoms with Crippen LogP contribution in [0.4, 0.5) is 4.79 Å². The molecule has 1 aromatic rings. The summed E-state index contributed by atoms with van der Waals surface area (Å²) in [6.45, 7) is 1.88. The molecule has 5 nitrogen and oxygen atoms in total. The maximum atomic E-state index is 10.3. The number of nitriles is 1. The van der Waals surface area contributed by atoms with E-state index in [0.717, 1.165) is 11.1 Å². The predicted octanol–water partition coefficient (Wildman–Crippen LogP) is 0.869. The highest BCUT2D eigenvalue weighted by molar-refractivity contribution is 5.83. The summed E-state index contributed by atoms with van der Waals surface area (Å²) in [6, 6.07) is 6.51. The van der Waals surface area contributed by atoms with Crippen LogP contribution in [-0.2, 0) is 0 Å². The largest absolute Gasteiger partial charge is 0.350 e. The minimum Gasteiger partial charge on any atom is -0.350 e. The number of hydrogen-bond acceptors (Lipinski definition) is 3. The average Bonchev–Trinajstić information content (AvgIpc) is 2.20. The SMILES string of the molecule is Cc1ccc(C#N)cc1C=NNC(N)=O. The van der Waals surface area contributed by atoms with Crippen molar-refractivity contribution in [3.05, 3.63) is 34.9 Å². The van der Waals surface area contributed by atoms with Crippen LogP contribution in [0.3, 0.4) is 0 Å². The van der Waals surface area contributed by atoms with Gasteiger partial charge in [-0.05, 0) is 30.2 Å². The standard InChI is InChI=1S/C10H10N4O/c1-7-2-3-8(5-11)4-9(7)6-13-14-10(12)15/h2-4,6H,1H3,(H3,12,14,15). The average molecular weight is 202 g/mol. The molecule has 1 aromatic carbocycles. The zero-order chi connectivity index (χ0) is 11.3. The van der Waals surface area contributed by atoms with Crippen LogP contribution in [0, 0.1) is 18.3 Å². The topological polar surface area (TPSA) is 91.3 Å². The van der Waals surface area contributed by atoms with Gasteiger partial charge in [0.2, 0.25) is 0 Å². The summed E-state index contributed by atoms with van der Waals surface area (Å²) >= 11 is 0. The number of benzene rings is 1. The summed E-state index contributed by atoms with van der Waals surface area (Å²) in [5, 5.41) is 12.3. The third-order valence-corrected chi connectivity index (χ3v) is 1.79. The maximum absolute atomic E-state index is 10.3. The summed E-state index contributed by atoms with van der Waals surface area (Å²) in [4.78, 5) is 10.3. The predicted molar refractivity (Wildman–Crippen MR) is 56.2 cm³/mol. The van der Waals surface area contributed by atoms with E-state index in [1.54, 1.807) is 12.1 Å². The molecule has 0 bridgehead atoms. The molecule has 1 rings (SSSR count). The number of carbonyl (C=O) groups is 1. The van der Waals surface area contributed by atoms with E-state index in [9.17, 15) is 4.79 Å². The van der Waals surface area contributed by atoms with Gasteiger partial charge in [-0.1, -0.05) is 6.07 Å². The Bertz CT molecular complexity index is 445. The quantitative estimate of drug-likeness (QED) is 0.550. The van der Waals surface area contributed by atoms with E-state index in [1.807, 2.05) is 19.1 Å². The molecule has 0 heterocycles. The minimum absolute atomic E-state index is 0.543. The molecular formula is C10H10N4O. The monoisotopic (exact) mass is 202 g/mol. The lowest BCUT2D eigenvalue weighted by molar-refractivity contribution is 0.249. The van der Waals surface area contributed by atoms with Crippen LogP contribution in [0.1, 0.15) is 16.7 Å². The van der Waals surface area contributed by atoms with Gasteiger partial charge in [-0.25, -0.2) is 10.2 Å². The van der Waals surface area contributed by atoms with Gasteiger partial charge < -0.3 is 5.73 Å². The number of nitrogens with one attached hydrogen (secondary N) is 1. The fourth-order valence-corrected chi connectivity index (χ4v) is 1.01. The van der Waals surface area contributed by atoms with Crippen molar-refractivity contribution in [3.8, 4) is 6.07 Å². The summed E-state index contributed by atoms with van der Waals surface area (Å²) in [6.07, 6.45) is 1.45. The van der Waals surface area contributed by atoms with Crippen LogP contribution in [0.25, 0.3) is 0 Å². The van der Waals surface area contributed by atoms with Crippen molar-refractivity contribution in [2.45, 2.75) is 6.92 Å². The van der Waals surface area contributed by atoms with Crippen molar-refractivity contribution >= 4 is 12.2 Å². The number of hydrogen-bond donors (Lipinski definition) is 2. The molecular weight excluding hydrogens is 192 g/mol. The van der Waals surface area contributed by atoms with E-state index >= 15 is 0 Å². The number of carbonyl (C=O) groups excluding carboxylic acids is 1. The van der Waals surface area contributed by atoms with Gasteiger partial charge in [0.1, 0.15) is 0 Å². The highest BCUT2D eigenvalue weighted by Crippen LogP contribution is 2.07.